The van der Waals surface area contributed by atoms with Crippen molar-refractivity contribution >= 4 is 11.8 Å². The van der Waals surface area contributed by atoms with Crippen LogP contribution in [0.3, 0.4) is 0 Å². The van der Waals surface area contributed by atoms with Gasteiger partial charge in [0.05, 0.1) is 0 Å². The van der Waals surface area contributed by atoms with Gasteiger partial charge in [0.2, 0.25) is 5.95 Å². The molecule has 0 aromatic carbocycles. The summed E-state index contributed by atoms with van der Waals surface area (Å²) in [5, 5.41) is 0. The van der Waals surface area contributed by atoms with Gasteiger partial charge in [0.15, 0.2) is 0 Å². The second-order valence-corrected chi connectivity index (χ2v) is 4.53. The first-order valence-corrected chi connectivity index (χ1v) is 6.60. The van der Waals surface area contributed by atoms with Crippen molar-refractivity contribution in [3.63, 3.8) is 0 Å². The smallest absolute Gasteiger partial charge is 0.227 e. The van der Waals surface area contributed by atoms with Crippen LogP contribution in [0.1, 0.15) is 32.4 Å². The SMILES string of the molecule is CCN(CC)c1nc(C)cc(N2CCCC2)n1. The molecule has 0 unspecified atom stereocenters. The van der Waals surface area contributed by atoms with Gasteiger partial charge in [0.1, 0.15) is 5.82 Å². The first-order chi connectivity index (χ1) is 8.24. The van der Waals surface area contributed by atoms with Crippen LogP contribution in [0.5, 0.6) is 0 Å². The molecule has 0 aliphatic carbocycles. The summed E-state index contributed by atoms with van der Waals surface area (Å²) < 4.78 is 0. The first kappa shape index (κ1) is 12.1. The number of hydrogen-bond donors (Lipinski definition) is 0. The summed E-state index contributed by atoms with van der Waals surface area (Å²) in [5.74, 6) is 1.97. The molecule has 1 aliphatic heterocycles. The lowest BCUT2D eigenvalue weighted by Crippen LogP contribution is -2.26. The van der Waals surface area contributed by atoms with Crippen LogP contribution in [0.4, 0.5) is 11.8 Å². The van der Waals surface area contributed by atoms with Crippen LogP contribution in [0.25, 0.3) is 0 Å². The van der Waals surface area contributed by atoms with Crippen molar-refractivity contribution < 1.29 is 0 Å². The van der Waals surface area contributed by atoms with Crippen LogP contribution in [0.15, 0.2) is 6.07 Å². The fourth-order valence-corrected chi connectivity index (χ4v) is 2.29. The summed E-state index contributed by atoms with van der Waals surface area (Å²) in [6, 6.07) is 2.10. The largest absolute Gasteiger partial charge is 0.356 e. The van der Waals surface area contributed by atoms with E-state index in [0.29, 0.717) is 0 Å². The average Bonchev–Trinajstić information content (AvgIpc) is 2.83. The summed E-state index contributed by atoms with van der Waals surface area (Å²) in [6.45, 7) is 10.5. The van der Waals surface area contributed by atoms with Gasteiger partial charge < -0.3 is 9.80 Å². The van der Waals surface area contributed by atoms with Crippen LogP contribution in [0, 0.1) is 6.92 Å². The van der Waals surface area contributed by atoms with Gasteiger partial charge in [0, 0.05) is 37.9 Å². The van der Waals surface area contributed by atoms with E-state index in [1.807, 2.05) is 6.92 Å². The molecule has 0 atom stereocenters. The highest BCUT2D eigenvalue weighted by Gasteiger charge is 2.16. The molecule has 0 bridgehead atoms. The molecule has 0 radical (unpaired) electrons. The van der Waals surface area contributed by atoms with E-state index >= 15 is 0 Å². The fraction of sp³-hybridized carbons (Fsp3) is 0.692. The van der Waals surface area contributed by atoms with E-state index in [4.69, 9.17) is 4.98 Å². The number of anilines is 2. The minimum absolute atomic E-state index is 0.872. The highest BCUT2D eigenvalue weighted by molar-refractivity contribution is 5.46. The molecular formula is C13H22N4. The Morgan fingerprint density at radius 1 is 1.18 bits per heavy atom. The summed E-state index contributed by atoms with van der Waals surface area (Å²) in [6.07, 6.45) is 2.56. The zero-order valence-electron chi connectivity index (χ0n) is 11.1. The molecule has 0 saturated carbocycles. The van der Waals surface area contributed by atoms with Crippen molar-refractivity contribution in [3.8, 4) is 0 Å². The van der Waals surface area contributed by atoms with Crippen LogP contribution in [-0.4, -0.2) is 36.1 Å². The lowest BCUT2D eigenvalue weighted by Gasteiger charge is -2.22. The van der Waals surface area contributed by atoms with Gasteiger partial charge >= 0.3 is 0 Å². The standard InChI is InChI=1S/C13H22N4/c1-4-16(5-2)13-14-11(3)10-12(15-13)17-8-6-7-9-17/h10H,4-9H2,1-3H3. The molecule has 0 N–H and O–H groups in total. The Bertz CT molecular complexity index is 347. The Morgan fingerprint density at radius 3 is 2.41 bits per heavy atom. The van der Waals surface area contributed by atoms with Gasteiger partial charge in [-0.3, -0.25) is 0 Å². The van der Waals surface area contributed by atoms with E-state index in [1.54, 1.807) is 0 Å². The third-order valence-corrected chi connectivity index (χ3v) is 3.31. The number of aryl methyl sites for hydroxylation is 1. The van der Waals surface area contributed by atoms with Gasteiger partial charge in [-0.2, -0.15) is 4.98 Å². The fourth-order valence-electron chi connectivity index (χ4n) is 2.29. The van der Waals surface area contributed by atoms with Gasteiger partial charge in [-0.1, -0.05) is 0 Å². The Hall–Kier alpha value is -1.32. The third kappa shape index (κ3) is 2.68. The number of nitrogens with zero attached hydrogens (tertiary/aromatic N) is 4. The maximum atomic E-state index is 4.70. The zero-order valence-corrected chi connectivity index (χ0v) is 11.1. The first-order valence-electron chi connectivity index (χ1n) is 6.60. The molecule has 1 aliphatic rings. The second-order valence-electron chi connectivity index (χ2n) is 4.53. The lowest BCUT2D eigenvalue weighted by molar-refractivity contribution is 0.807. The van der Waals surface area contributed by atoms with Gasteiger partial charge in [0.25, 0.3) is 0 Å². The average molecular weight is 234 g/mol. The summed E-state index contributed by atoms with van der Waals surface area (Å²) in [4.78, 5) is 13.8. The van der Waals surface area contributed by atoms with Crippen LogP contribution >= 0.6 is 0 Å². The predicted molar refractivity (Wildman–Crippen MR) is 71.8 cm³/mol. The minimum Gasteiger partial charge on any atom is -0.356 e. The molecule has 4 nitrogen and oxygen atoms in total. The van der Waals surface area contributed by atoms with E-state index in [-0.39, 0.29) is 0 Å². The van der Waals surface area contributed by atoms with Gasteiger partial charge in [-0.25, -0.2) is 4.98 Å². The maximum absolute atomic E-state index is 4.70. The van der Waals surface area contributed by atoms with E-state index in [1.165, 1.54) is 12.8 Å². The van der Waals surface area contributed by atoms with Crippen LogP contribution < -0.4 is 9.80 Å². The third-order valence-electron chi connectivity index (χ3n) is 3.31. The summed E-state index contributed by atoms with van der Waals surface area (Å²) >= 11 is 0. The highest BCUT2D eigenvalue weighted by atomic mass is 15.3. The molecule has 1 fully saturated rings. The monoisotopic (exact) mass is 234 g/mol. The number of aromatic nitrogens is 2. The molecule has 1 aromatic heterocycles. The molecular weight excluding hydrogens is 212 g/mol. The molecule has 0 amide bonds. The summed E-state index contributed by atoms with van der Waals surface area (Å²) in [5.41, 5.74) is 1.06. The van der Waals surface area contributed by atoms with E-state index in [0.717, 1.165) is 43.6 Å². The van der Waals surface area contributed by atoms with Crippen molar-refractivity contribution in [2.24, 2.45) is 0 Å². The van der Waals surface area contributed by atoms with Crippen molar-refractivity contribution in [2.75, 3.05) is 36.0 Å². The predicted octanol–water partition coefficient (Wildman–Crippen LogP) is 2.23. The topological polar surface area (TPSA) is 32.3 Å². The van der Waals surface area contributed by atoms with Crippen molar-refractivity contribution in [3.05, 3.63) is 11.8 Å². The van der Waals surface area contributed by atoms with Gasteiger partial charge in [-0.05, 0) is 33.6 Å². The normalized spacial score (nSPS) is 15.4. The molecule has 17 heavy (non-hydrogen) atoms. The molecule has 94 valence electrons. The maximum Gasteiger partial charge on any atom is 0.227 e. The quantitative estimate of drug-likeness (QED) is 0.799. The number of rotatable bonds is 4. The Balaban J connectivity index is 2.27. The van der Waals surface area contributed by atoms with Crippen molar-refractivity contribution in [2.45, 2.75) is 33.6 Å². The zero-order chi connectivity index (χ0) is 12.3. The second kappa shape index (κ2) is 5.34. The highest BCUT2D eigenvalue weighted by Crippen LogP contribution is 2.21. The Kier molecular flexibility index (Phi) is 3.82. The molecule has 1 saturated heterocycles. The number of hydrogen-bond acceptors (Lipinski definition) is 4. The van der Waals surface area contributed by atoms with E-state index in [2.05, 4.69) is 34.7 Å². The molecule has 4 heteroatoms. The Labute approximate surface area is 104 Å². The van der Waals surface area contributed by atoms with Gasteiger partial charge in [-0.15, -0.1) is 0 Å². The molecule has 2 rings (SSSR count). The van der Waals surface area contributed by atoms with Crippen LogP contribution in [-0.2, 0) is 0 Å². The molecule has 1 aromatic rings. The molecule has 0 spiro atoms. The van der Waals surface area contributed by atoms with Crippen LogP contribution in [0.2, 0.25) is 0 Å². The lowest BCUT2D eigenvalue weighted by atomic mass is 10.4. The molecule has 2 heterocycles. The summed E-state index contributed by atoms with van der Waals surface area (Å²) in [7, 11) is 0. The van der Waals surface area contributed by atoms with E-state index < -0.39 is 0 Å². The van der Waals surface area contributed by atoms with E-state index in [9.17, 15) is 0 Å². The van der Waals surface area contributed by atoms with Crippen molar-refractivity contribution in [1.29, 1.82) is 0 Å². The minimum atomic E-state index is 0.872. The van der Waals surface area contributed by atoms with Crippen molar-refractivity contribution in [1.82, 2.24) is 9.97 Å². The Morgan fingerprint density at radius 2 is 1.82 bits per heavy atom.